The summed E-state index contributed by atoms with van der Waals surface area (Å²) in [7, 11) is 0. The minimum absolute atomic E-state index is 0.193. The van der Waals surface area contributed by atoms with E-state index in [2.05, 4.69) is 16.2 Å². The summed E-state index contributed by atoms with van der Waals surface area (Å²) in [4.78, 5) is 23.9. The van der Waals surface area contributed by atoms with Gasteiger partial charge in [-0.1, -0.05) is 48.5 Å². The first-order chi connectivity index (χ1) is 12.5. The second-order valence-electron chi connectivity index (χ2n) is 6.24. The second kappa shape index (κ2) is 8.07. The maximum Gasteiger partial charge on any atom is 0.326 e. The number of halogens is 1. The van der Waals surface area contributed by atoms with Crippen LogP contribution in [0.4, 0.5) is 4.39 Å². The highest BCUT2D eigenvalue weighted by Crippen LogP contribution is 2.24. The largest absolute Gasteiger partial charge is 0.480 e. The lowest BCUT2D eigenvalue weighted by molar-refractivity contribution is -0.142. The molecular formula is C19H20FN3O3. The Morgan fingerprint density at radius 2 is 1.81 bits per heavy atom. The van der Waals surface area contributed by atoms with E-state index >= 15 is 0 Å². The molecule has 0 aliphatic carbocycles. The first-order valence-electron chi connectivity index (χ1n) is 8.37. The molecular weight excluding hydrogens is 337 g/mol. The molecule has 0 radical (unpaired) electrons. The van der Waals surface area contributed by atoms with E-state index < -0.39 is 24.0 Å². The Kier molecular flexibility index (Phi) is 5.60. The van der Waals surface area contributed by atoms with E-state index in [4.69, 9.17) is 0 Å². The van der Waals surface area contributed by atoms with Gasteiger partial charge in [-0.15, -0.1) is 0 Å². The monoisotopic (exact) mass is 357 g/mol. The van der Waals surface area contributed by atoms with Crippen molar-refractivity contribution in [3.8, 4) is 0 Å². The third-order valence-corrected chi connectivity index (χ3v) is 4.40. The maximum absolute atomic E-state index is 13.9. The van der Waals surface area contributed by atoms with Crippen LogP contribution in [0.3, 0.4) is 0 Å². The van der Waals surface area contributed by atoms with Crippen LogP contribution in [0.15, 0.2) is 54.6 Å². The SMILES string of the molecule is O=C(O)C(Cc1ccccc1)NC(=O)C1CC(c2ccccc2F)NN1. The molecule has 2 aromatic rings. The van der Waals surface area contributed by atoms with E-state index in [1.54, 1.807) is 18.2 Å². The van der Waals surface area contributed by atoms with Gasteiger partial charge in [0.2, 0.25) is 5.91 Å². The van der Waals surface area contributed by atoms with Crippen LogP contribution < -0.4 is 16.2 Å². The zero-order valence-corrected chi connectivity index (χ0v) is 14.0. The molecule has 4 N–H and O–H groups in total. The molecule has 6 nitrogen and oxygen atoms in total. The summed E-state index contributed by atoms with van der Waals surface area (Å²) >= 11 is 0. The van der Waals surface area contributed by atoms with Gasteiger partial charge in [0.1, 0.15) is 17.9 Å². The molecule has 2 aromatic carbocycles. The Bertz CT molecular complexity index is 785. The zero-order chi connectivity index (χ0) is 18.5. The average Bonchev–Trinajstić information content (AvgIpc) is 3.12. The Labute approximate surface area is 150 Å². The molecule has 0 bridgehead atoms. The molecule has 0 aromatic heterocycles. The van der Waals surface area contributed by atoms with Gasteiger partial charge in [0, 0.05) is 12.0 Å². The van der Waals surface area contributed by atoms with Crippen LogP contribution >= 0.6 is 0 Å². The lowest BCUT2D eigenvalue weighted by Crippen LogP contribution is -2.50. The van der Waals surface area contributed by atoms with Gasteiger partial charge in [0.25, 0.3) is 0 Å². The average molecular weight is 357 g/mol. The van der Waals surface area contributed by atoms with Gasteiger partial charge < -0.3 is 10.4 Å². The van der Waals surface area contributed by atoms with E-state index in [9.17, 15) is 19.1 Å². The van der Waals surface area contributed by atoms with Crippen LogP contribution in [0.1, 0.15) is 23.6 Å². The fraction of sp³-hybridized carbons (Fsp3) is 0.263. The van der Waals surface area contributed by atoms with Crippen molar-refractivity contribution in [2.24, 2.45) is 0 Å². The number of carboxylic acids is 1. The van der Waals surface area contributed by atoms with Gasteiger partial charge in [0.05, 0.1) is 6.04 Å². The number of aliphatic carboxylic acids is 1. The lowest BCUT2D eigenvalue weighted by atomic mass is 10.0. The normalized spacial score (nSPS) is 20.5. The predicted molar refractivity (Wildman–Crippen MR) is 93.5 cm³/mol. The number of carbonyl (C=O) groups is 2. The molecule has 1 aliphatic rings. The molecule has 1 heterocycles. The molecule has 26 heavy (non-hydrogen) atoms. The molecule has 0 spiro atoms. The van der Waals surface area contributed by atoms with Crippen molar-refractivity contribution in [3.63, 3.8) is 0 Å². The van der Waals surface area contributed by atoms with Crippen LogP contribution in [0.25, 0.3) is 0 Å². The number of hydrogen-bond donors (Lipinski definition) is 4. The van der Waals surface area contributed by atoms with Gasteiger partial charge in [-0.05, 0) is 18.1 Å². The Morgan fingerprint density at radius 1 is 1.12 bits per heavy atom. The van der Waals surface area contributed by atoms with Crippen molar-refractivity contribution in [1.82, 2.24) is 16.2 Å². The van der Waals surface area contributed by atoms with Crippen LogP contribution in [0.2, 0.25) is 0 Å². The van der Waals surface area contributed by atoms with Crippen molar-refractivity contribution in [2.75, 3.05) is 0 Å². The Morgan fingerprint density at radius 3 is 2.50 bits per heavy atom. The number of carbonyl (C=O) groups excluding carboxylic acids is 1. The number of carboxylic acid groups (broad SMARTS) is 1. The van der Waals surface area contributed by atoms with Crippen molar-refractivity contribution < 1.29 is 19.1 Å². The van der Waals surface area contributed by atoms with Gasteiger partial charge in [-0.2, -0.15) is 0 Å². The highest BCUT2D eigenvalue weighted by Gasteiger charge is 2.33. The Balaban J connectivity index is 1.62. The lowest BCUT2D eigenvalue weighted by Gasteiger charge is -2.17. The Hall–Kier alpha value is -2.77. The summed E-state index contributed by atoms with van der Waals surface area (Å²) in [5, 5.41) is 12.0. The molecule has 1 aliphatic heterocycles. The molecule has 7 heteroatoms. The zero-order valence-electron chi connectivity index (χ0n) is 14.0. The fourth-order valence-corrected chi connectivity index (χ4v) is 3.01. The molecule has 136 valence electrons. The maximum atomic E-state index is 13.9. The summed E-state index contributed by atoms with van der Waals surface area (Å²) in [5.41, 5.74) is 7.01. The summed E-state index contributed by atoms with van der Waals surface area (Å²) < 4.78 is 13.9. The standard InChI is InChI=1S/C19H20FN3O3/c20-14-9-5-4-8-13(14)15-11-16(23-22-15)18(24)21-17(19(25)26)10-12-6-2-1-3-7-12/h1-9,15-17,22-23H,10-11H2,(H,21,24)(H,25,26). The quantitative estimate of drug-likeness (QED) is 0.630. The van der Waals surface area contributed by atoms with Crippen LogP contribution in [0, 0.1) is 5.82 Å². The predicted octanol–water partition coefficient (Wildman–Crippen LogP) is 1.55. The highest BCUT2D eigenvalue weighted by atomic mass is 19.1. The van der Waals surface area contributed by atoms with Crippen LogP contribution in [0.5, 0.6) is 0 Å². The van der Waals surface area contributed by atoms with Crippen molar-refractivity contribution in [2.45, 2.75) is 31.0 Å². The molecule has 3 atom stereocenters. The number of nitrogens with one attached hydrogen (secondary N) is 3. The topological polar surface area (TPSA) is 90.5 Å². The first kappa shape index (κ1) is 18.0. The molecule has 1 saturated heterocycles. The van der Waals surface area contributed by atoms with Crippen LogP contribution in [-0.2, 0) is 16.0 Å². The third kappa shape index (κ3) is 4.25. The highest BCUT2D eigenvalue weighted by molar-refractivity contribution is 5.87. The molecule has 3 unspecified atom stereocenters. The summed E-state index contributed by atoms with van der Waals surface area (Å²) in [5.74, 6) is -1.88. The number of amides is 1. The third-order valence-electron chi connectivity index (χ3n) is 4.40. The van der Waals surface area contributed by atoms with Gasteiger partial charge in [-0.25, -0.2) is 20.0 Å². The minimum Gasteiger partial charge on any atom is -0.480 e. The van der Waals surface area contributed by atoms with E-state index in [0.717, 1.165) is 5.56 Å². The second-order valence-corrected chi connectivity index (χ2v) is 6.24. The van der Waals surface area contributed by atoms with Crippen molar-refractivity contribution >= 4 is 11.9 Å². The summed E-state index contributed by atoms with van der Waals surface area (Å²) in [6, 6.07) is 13.4. The number of hydrazine groups is 1. The number of benzene rings is 2. The number of rotatable bonds is 6. The fourth-order valence-electron chi connectivity index (χ4n) is 3.01. The van der Waals surface area contributed by atoms with Crippen molar-refractivity contribution in [3.05, 3.63) is 71.5 Å². The molecule has 0 saturated carbocycles. The summed E-state index contributed by atoms with van der Waals surface area (Å²) in [6.45, 7) is 0. The molecule has 3 rings (SSSR count). The van der Waals surface area contributed by atoms with Crippen LogP contribution in [-0.4, -0.2) is 29.1 Å². The number of hydrogen-bond acceptors (Lipinski definition) is 4. The van der Waals surface area contributed by atoms with E-state index in [1.165, 1.54) is 6.07 Å². The smallest absolute Gasteiger partial charge is 0.326 e. The van der Waals surface area contributed by atoms with E-state index in [-0.39, 0.29) is 18.3 Å². The molecule has 1 fully saturated rings. The van der Waals surface area contributed by atoms with Gasteiger partial charge >= 0.3 is 5.97 Å². The van der Waals surface area contributed by atoms with Gasteiger partial charge in [0.15, 0.2) is 0 Å². The van der Waals surface area contributed by atoms with Crippen molar-refractivity contribution in [1.29, 1.82) is 0 Å². The van der Waals surface area contributed by atoms with E-state index in [0.29, 0.717) is 12.0 Å². The van der Waals surface area contributed by atoms with E-state index in [1.807, 2.05) is 30.3 Å². The summed E-state index contributed by atoms with van der Waals surface area (Å²) in [6.07, 6.45) is 0.517. The minimum atomic E-state index is -1.10. The molecule has 1 amide bonds. The van der Waals surface area contributed by atoms with Gasteiger partial charge in [-0.3, -0.25) is 4.79 Å². The first-order valence-corrected chi connectivity index (χ1v) is 8.37.